The minimum absolute atomic E-state index is 0.204. The van der Waals surface area contributed by atoms with E-state index in [-0.39, 0.29) is 11.1 Å². The Balaban J connectivity index is 1.96. The second-order valence-corrected chi connectivity index (χ2v) is 6.90. The average Bonchev–Trinajstić information content (AvgIpc) is 2.74. The number of nitrogens with two attached hydrogens (primary N) is 1. The largest absolute Gasteiger partial charge is 0.465 e. The Kier molecular flexibility index (Phi) is 6.16. The number of methoxy groups -OCH3 is 2. The molecule has 0 amide bonds. The molecule has 0 spiro atoms. The lowest BCUT2D eigenvalue weighted by Crippen LogP contribution is -2.38. The summed E-state index contributed by atoms with van der Waals surface area (Å²) in [5.41, 5.74) is 7.63. The van der Waals surface area contributed by atoms with Crippen LogP contribution in [0.15, 0.2) is 24.5 Å². The number of hydrogen-bond donors (Lipinski definition) is 2. The van der Waals surface area contributed by atoms with Crippen molar-refractivity contribution in [3.8, 4) is 0 Å². The van der Waals surface area contributed by atoms with E-state index in [0.29, 0.717) is 29.1 Å². The molecule has 29 heavy (non-hydrogen) atoms. The molecule has 0 radical (unpaired) electrons. The monoisotopic (exact) mass is 399 g/mol. The summed E-state index contributed by atoms with van der Waals surface area (Å²) < 4.78 is 9.54. The number of ether oxygens (including phenoxy) is 2. The Bertz CT molecular complexity index is 883. The number of benzene rings is 1. The highest BCUT2D eigenvalue weighted by molar-refractivity contribution is 5.97. The Morgan fingerprint density at radius 3 is 2.34 bits per heavy atom. The molecule has 9 nitrogen and oxygen atoms in total. The molecular formula is C20H25N5O4. The maximum atomic E-state index is 12.0. The number of nitrogen functional groups attached to an aromatic ring is 1. The van der Waals surface area contributed by atoms with Gasteiger partial charge in [-0.1, -0.05) is 0 Å². The van der Waals surface area contributed by atoms with E-state index in [1.54, 1.807) is 12.1 Å². The third kappa shape index (κ3) is 4.39. The Labute approximate surface area is 169 Å². The van der Waals surface area contributed by atoms with Crippen LogP contribution in [0.5, 0.6) is 0 Å². The zero-order valence-corrected chi connectivity index (χ0v) is 16.8. The fourth-order valence-corrected chi connectivity index (χ4v) is 3.44. The van der Waals surface area contributed by atoms with Crippen LogP contribution in [-0.2, 0) is 9.47 Å². The number of piperidine rings is 1. The van der Waals surface area contributed by atoms with Crippen LogP contribution >= 0.6 is 0 Å². The van der Waals surface area contributed by atoms with Gasteiger partial charge in [-0.3, -0.25) is 0 Å². The predicted molar refractivity (Wildman–Crippen MR) is 110 cm³/mol. The van der Waals surface area contributed by atoms with E-state index in [1.807, 2.05) is 0 Å². The second kappa shape index (κ2) is 8.76. The number of esters is 2. The number of aromatic nitrogens is 2. The SMILES string of the molecule is COC(=O)c1cc(Nc2ncnc(N3CCCCC3C)c2N)cc(C(=O)OC)c1. The summed E-state index contributed by atoms with van der Waals surface area (Å²) in [5.74, 6) is -0.0767. The first-order chi connectivity index (χ1) is 13.9. The zero-order chi connectivity index (χ0) is 21.0. The fourth-order valence-electron chi connectivity index (χ4n) is 3.44. The van der Waals surface area contributed by atoms with Crippen LogP contribution in [0.3, 0.4) is 0 Å². The number of rotatable bonds is 5. The van der Waals surface area contributed by atoms with Crippen LogP contribution in [0, 0.1) is 0 Å². The Morgan fingerprint density at radius 1 is 1.10 bits per heavy atom. The summed E-state index contributed by atoms with van der Waals surface area (Å²) >= 11 is 0. The minimum atomic E-state index is -0.572. The molecular weight excluding hydrogens is 374 g/mol. The molecule has 2 heterocycles. The second-order valence-electron chi connectivity index (χ2n) is 6.90. The maximum absolute atomic E-state index is 12.0. The first-order valence-corrected chi connectivity index (χ1v) is 9.40. The number of nitrogens with one attached hydrogen (secondary N) is 1. The van der Waals surface area contributed by atoms with Gasteiger partial charge < -0.3 is 25.4 Å². The molecule has 1 unspecified atom stereocenters. The molecule has 1 aliphatic heterocycles. The number of anilines is 4. The lowest BCUT2D eigenvalue weighted by molar-refractivity contribution is 0.0599. The molecule has 3 N–H and O–H groups in total. The van der Waals surface area contributed by atoms with Crippen molar-refractivity contribution in [2.24, 2.45) is 0 Å². The summed E-state index contributed by atoms with van der Waals surface area (Å²) in [4.78, 5) is 34.8. The molecule has 2 aromatic rings. The van der Waals surface area contributed by atoms with E-state index >= 15 is 0 Å². The van der Waals surface area contributed by atoms with Crippen molar-refractivity contribution in [3.05, 3.63) is 35.7 Å². The summed E-state index contributed by atoms with van der Waals surface area (Å²) in [6, 6.07) is 4.86. The van der Waals surface area contributed by atoms with Gasteiger partial charge in [0.25, 0.3) is 0 Å². The van der Waals surface area contributed by atoms with Gasteiger partial charge in [-0.05, 0) is 44.4 Å². The molecule has 154 valence electrons. The van der Waals surface area contributed by atoms with Crippen LogP contribution in [0.2, 0.25) is 0 Å². The van der Waals surface area contributed by atoms with Crippen molar-refractivity contribution in [1.29, 1.82) is 0 Å². The van der Waals surface area contributed by atoms with E-state index in [4.69, 9.17) is 15.2 Å². The topological polar surface area (TPSA) is 120 Å². The van der Waals surface area contributed by atoms with Crippen molar-refractivity contribution in [2.75, 3.05) is 36.7 Å². The van der Waals surface area contributed by atoms with Gasteiger partial charge in [-0.25, -0.2) is 19.6 Å². The third-order valence-corrected chi connectivity index (χ3v) is 4.98. The molecule has 1 fully saturated rings. The van der Waals surface area contributed by atoms with Crippen molar-refractivity contribution in [2.45, 2.75) is 32.2 Å². The molecule has 1 saturated heterocycles. The van der Waals surface area contributed by atoms with Gasteiger partial charge in [0.05, 0.1) is 25.3 Å². The van der Waals surface area contributed by atoms with Gasteiger partial charge in [-0.2, -0.15) is 0 Å². The summed E-state index contributed by atoms with van der Waals surface area (Å²) in [6.45, 7) is 3.03. The maximum Gasteiger partial charge on any atom is 0.337 e. The van der Waals surface area contributed by atoms with Crippen LogP contribution in [0.4, 0.5) is 23.0 Å². The van der Waals surface area contributed by atoms with Crippen LogP contribution in [-0.4, -0.2) is 48.7 Å². The molecule has 9 heteroatoms. The highest BCUT2D eigenvalue weighted by atomic mass is 16.5. The highest BCUT2D eigenvalue weighted by Gasteiger charge is 2.23. The smallest absolute Gasteiger partial charge is 0.337 e. The summed E-state index contributed by atoms with van der Waals surface area (Å²) in [5, 5.41) is 3.09. The van der Waals surface area contributed by atoms with E-state index < -0.39 is 11.9 Å². The fraction of sp³-hybridized carbons (Fsp3) is 0.400. The molecule has 0 bridgehead atoms. The molecule has 0 aliphatic carbocycles. The highest BCUT2D eigenvalue weighted by Crippen LogP contribution is 2.32. The Hall–Kier alpha value is -3.36. The average molecular weight is 399 g/mol. The summed E-state index contributed by atoms with van der Waals surface area (Å²) in [6.07, 6.45) is 4.79. The predicted octanol–water partition coefficient (Wildman–Crippen LogP) is 2.75. The van der Waals surface area contributed by atoms with E-state index in [1.165, 1.54) is 33.0 Å². The third-order valence-electron chi connectivity index (χ3n) is 4.98. The molecule has 1 aliphatic rings. The van der Waals surface area contributed by atoms with Gasteiger partial charge in [0.2, 0.25) is 0 Å². The van der Waals surface area contributed by atoms with Gasteiger partial charge in [-0.15, -0.1) is 0 Å². The van der Waals surface area contributed by atoms with E-state index in [9.17, 15) is 9.59 Å². The quantitative estimate of drug-likeness (QED) is 0.731. The molecule has 1 atom stereocenters. The molecule has 3 rings (SSSR count). The van der Waals surface area contributed by atoms with Gasteiger partial charge >= 0.3 is 11.9 Å². The zero-order valence-electron chi connectivity index (χ0n) is 16.8. The van der Waals surface area contributed by atoms with Crippen molar-refractivity contribution < 1.29 is 19.1 Å². The van der Waals surface area contributed by atoms with E-state index in [0.717, 1.165) is 19.4 Å². The van der Waals surface area contributed by atoms with Crippen LogP contribution < -0.4 is 16.0 Å². The summed E-state index contributed by atoms with van der Waals surface area (Å²) in [7, 11) is 2.55. The first kappa shape index (κ1) is 20.4. The molecule has 0 saturated carbocycles. The first-order valence-electron chi connectivity index (χ1n) is 9.40. The normalized spacial score (nSPS) is 16.2. The van der Waals surface area contributed by atoms with Gasteiger partial charge in [0.15, 0.2) is 11.6 Å². The molecule has 1 aromatic carbocycles. The van der Waals surface area contributed by atoms with Crippen LogP contribution in [0.25, 0.3) is 0 Å². The number of carbonyl (C=O) groups is 2. The van der Waals surface area contributed by atoms with Crippen molar-refractivity contribution >= 4 is 34.9 Å². The van der Waals surface area contributed by atoms with Gasteiger partial charge in [0, 0.05) is 18.3 Å². The number of hydrogen-bond acceptors (Lipinski definition) is 9. The van der Waals surface area contributed by atoms with Gasteiger partial charge in [0.1, 0.15) is 12.0 Å². The minimum Gasteiger partial charge on any atom is -0.465 e. The lowest BCUT2D eigenvalue weighted by Gasteiger charge is -2.35. The van der Waals surface area contributed by atoms with Crippen LogP contribution in [0.1, 0.15) is 46.9 Å². The number of nitrogens with zero attached hydrogens (tertiary/aromatic N) is 3. The van der Waals surface area contributed by atoms with Crippen molar-refractivity contribution in [1.82, 2.24) is 9.97 Å². The lowest BCUT2D eigenvalue weighted by atomic mass is 10.0. The number of carbonyl (C=O) groups excluding carboxylic acids is 2. The Morgan fingerprint density at radius 2 is 1.76 bits per heavy atom. The van der Waals surface area contributed by atoms with E-state index in [2.05, 4.69) is 27.1 Å². The molecule has 1 aromatic heterocycles. The van der Waals surface area contributed by atoms with Crippen molar-refractivity contribution in [3.63, 3.8) is 0 Å². The standard InChI is InChI=1S/C20H25N5O4/c1-12-6-4-5-7-25(12)18-16(21)17(22-11-23-18)24-15-9-13(19(26)28-2)8-14(10-15)20(27)29-3/h8-12H,4-7,21H2,1-3H3,(H,22,23,24).